The van der Waals surface area contributed by atoms with Gasteiger partial charge < -0.3 is 20.1 Å². The molecule has 0 radical (unpaired) electrons. The molecule has 0 saturated heterocycles. The van der Waals surface area contributed by atoms with Crippen molar-refractivity contribution in [2.24, 2.45) is 0 Å². The molecule has 0 fully saturated rings. The Morgan fingerprint density at radius 2 is 2.32 bits per heavy atom. The number of nitrogens with two attached hydrogens (primary N) is 1. The summed E-state index contributed by atoms with van der Waals surface area (Å²) in [5.74, 6) is 0.232. The van der Waals surface area contributed by atoms with Crippen LogP contribution in [0.3, 0.4) is 0 Å². The largest absolute Gasteiger partial charge is 0.465 e. The average molecular weight is 332 g/mol. The van der Waals surface area contributed by atoms with Gasteiger partial charge in [-0.3, -0.25) is 4.79 Å². The van der Waals surface area contributed by atoms with Gasteiger partial charge in [-0.2, -0.15) is 0 Å². The Labute approximate surface area is 121 Å². The topological polar surface area (TPSA) is 77.7 Å². The highest BCUT2D eigenvalue weighted by Crippen LogP contribution is 2.23. The van der Waals surface area contributed by atoms with Crippen LogP contribution in [0.4, 0.5) is 11.5 Å². The van der Waals surface area contributed by atoms with Gasteiger partial charge in [-0.05, 0) is 28.9 Å². The maximum absolute atomic E-state index is 11.6. The number of anilines is 2. The Morgan fingerprint density at radius 1 is 1.58 bits per heavy atom. The van der Waals surface area contributed by atoms with Crippen LogP contribution in [-0.2, 0) is 14.3 Å². The van der Waals surface area contributed by atoms with Gasteiger partial charge in [0.25, 0.3) is 0 Å². The Morgan fingerprint density at radius 3 is 2.89 bits per heavy atom. The van der Waals surface area contributed by atoms with Crippen molar-refractivity contribution in [2.45, 2.75) is 6.92 Å². The maximum Gasteiger partial charge on any atom is 0.325 e. The first-order valence-corrected chi connectivity index (χ1v) is 6.68. The summed E-state index contributed by atoms with van der Waals surface area (Å²) in [6.07, 6.45) is 1.64. The maximum atomic E-state index is 11.6. The van der Waals surface area contributed by atoms with Crippen molar-refractivity contribution in [2.75, 3.05) is 44.0 Å². The van der Waals surface area contributed by atoms with Crippen LogP contribution in [0.25, 0.3) is 0 Å². The Hall–Kier alpha value is -1.34. The molecule has 1 aromatic rings. The standard InChI is InChI=1S/C12H18BrN3O3/c1-3-19-11(17)8-16(4-5-18-2)12-10(14)6-9(13)7-15-12/h6-7H,3-5,8,14H2,1-2H3. The van der Waals surface area contributed by atoms with Crippen molar-refractivity contribution in [1.29, 1.82) is 0 Å². The lowest BCUT2D eigenvalue weighted by atomic mass is 10.3. The number of rotatable bonds is 7. The minimum absolute atomic E-state index is 0.0933. The van der Waals surface area contributed by atoms with E-state index in [0.29, 0.717) is 31.3 Å². The lowest BCUT2D eigenvalue weighted by Gasteiger charge is -2.23. The zero-order chi connectivity index (χ0) is 14.3. The molecule has 0 atom stereocenters. The number of ether oxygens (including phenoxy) is 2. The van der Waals surface area contributed by atoms with Gasteiger partial charge in [-0.25, -0.2) is 4.98 Å². The normalized spacial score (nSPS) is 10.3. The summed E-state index contributed by atoms with van der Waals surface area (Å²) in [4.78, 5) is 17.6. The third-order valence-corrected chi connectivity index (χ3v) is 2.79. The van der Waals surface area contributed by atoms with E-state index >= 15 is 0 Å². The van der Waals surface area contributed by atoms with Gasteiger partial charge in [0, 0.05) is 24.3 Å². The highest BCUT2D eigenvalue weighted by atomic mass is 79.9. The molecule has 0 bridgehead atoms. The fraction of sp³-hybridized carbons (Fsp3) is 0.500. The summed E-state index contributed by atoms with van der Waals surface area (Å²) in [6.45, 7) is 3.19. The van der Waals surface area contributed by atoms with E-state index in [2.05, 4.69) is 20.9 Å². The molecule has 0 unspecified atom stereocenters. The van der Waals surface area contributed by atoms with Crippen LogP contribution in [0.2, 0.25) is 0 Å². The number of hydrogen-bond donors (Lipinski definition) is 1. The lowest BCUT2D eigenvalue weighted by Crippen LogP contribution is -2.34. The molecule has 1 heterocycles. The van der Waals surface area contributed by atoms with Crippen molar-refractivity contribution < 1.29 is 14.3 Å². The predicted octanol–water partition coefficient (Wildman–Crippen LogP) is 1.44. The number of carbonyl (C=O) groups is 1. The molecule has 0 aliphatic carbocycles. The molecule has 106 valence electrons. The number of methoxy groups -OCH3 is 1. The predicted molar refractivity (Wildman–Crippen MR) is 77.1 cm³/mol. The highest BCUT2D eigenvalue weighted by Gasteiger charge is 2.16. The van der Waals surface area contributed by atoms with Crippen LogP contribution in [0.15, 0.2) is 16.7 Å². The van der Waals surface area contributed by atoms with Crippen LogP contribution in [-0.4, -0.2) is 44.4 Å². The molecule has 1 aromatic heterocycles. The molecule has 0 amide bonds. The minimum Gasteiger partial charge on any atom is -0.465 e. The number of carbonyl (C=O) groups excluding carboxylic acids is 1. The van der Waals surface area contributed by atoms with Crippen molar-refractivity contribution >= 4 is 33.4 Å². The lowest BCUT2D eigenvalue weighted by molar-refractivity contribution is -0.141. The van der Waals surface area contributed by atoms with E-state index in [1.54, 1.807) is 31.2 Å². The van der Waals surface area contributed by atoms with Crippen LogP contribution < -0.4 is 10.6 Å². The molecule has 0 aliphatic rings. The highest BCUT2D eigenvalue weighted by molar-refractivity contribution is 9.10. The number of hydrogen-bond acceptors (Lipinski definition) is 6. The number of halogens is 1. The number of nitrogens with zero attached hydrogens (tertiary/aromatic N) is 2. The van der Waals surface area contributed by atoms with E-state index in [-0.39, 0.29) is 12.5 Å². The molecule has 0 aromatic carbocycles. The van der Waals surface area contributed by atoms with Crippen molar-refractivity contribution in [3.63, 3.8) is 0 Å². The molecule has 19 heavy (non-hydrogen) atoms. The molecule has 7 heteroatoms. The first-order chi connectivity index (χ1) is 9.08. The molecule has 0 aliphatic heterocycles. The van der Waals surface area contributed by atoms with E-state index in [0.717, 1.165) is 4.47 Å². The average Bonchev–Trinajstić information content (AvgIpc) is 2.35. The zero-order valence-corrected chi connectivity index (χ0v) is 12.6. The summed E-state index contributed by atoms with van der Waals surface area (Å²) in [5.41, 5.74) is 6.41. The second-order valence-corrected chi connectivity index (χ2v) is 4.70. The summed E-state index contributed by atoms with van der Waals surface area (Å²) >= 11 is 3.30. The third-order valence-electron chi connectivity index (χ3n) is 2.35. The number of esters is 1. The smallest absolute Gasteiger partial charge is 0.325 e. The van der Waals surface area contributed by atoms with E-state index in [1.165, 1.54) is 0 Å². The zero-order valence-electron chi connectivity index (χ0n) is 11.1. The Bertz CT molecular complexity index is 429. The Kier molecular flexibility index (Phi) is 6.58. The second kappa shape index (κ2) is 7.96. The van der Waals surface area contributed by atoms with E-state index in [1.807, 2.05) is 0 Å². The fourth-order valence-corrected chi connectivity index (χ4v) is 1.88. The summed E-state index contributed by atoms with van der Waals surface area (Å²) in [6, 6.07) is 1.74. The van der Waals surface area contributed by atoms with E-state index < -0.39 is 0 Å². The molecule has 2 N–H and O–H groups in total. The van der Waals surface area contributed by atoms with Gasteiger partial charge >= 0.3 is 5.97 Å². The first-order valence-electron chi connectivity index (χ1n) is 5.89. The van der Waals surface area contributed by atoms with E-state index in [9.17, 15) is 4.79 Å². The Balaban J connectivity index is 2.85. The second-order valence-electron chi connectivity index (χ2n) is 3.79. The van der Waals surface area contributed by atoms with Gasteiger partial charge in [0.2, 0.25) is 0 Å². The summed E-state index contributed by atoms with van der Waals surface area (Å²) in [5, 5.41) is 0. The van der Waals surface area contributed by atoms with Crippen molar-refractivity contribution in [1.82, 2.24) is 4.98 Å². The van der Waals surface area contributed by atoms with Crippen molar-refractivity contribution in [3.05, 3.63) is 16.7 Å². The van der Waals surface area contributed by atoms with Crippen LogP contribution in [0.5, 0.6) is 0 Å². The van der Waals surface area contributed by atoms with Gasteiger partial charge in [0.15, 0.2) is 5.82 Å². The third kappa shape index (κ3) is 5.04. The van der Waals surface area contributed by atoms with Crippen LogP contribution in [0, 0.1) is 0 Å². The summed E-state index contributed by atoms with van der Waals surface area (Å²) < 4.78 is 10.8. The first kappa shape index (κ1) is 15.7. The number of aromatic nitrogens is 1. The molecule has 0 spiro atoms. The quantitative estimate of drug-likeness (QED) is 0.762. The number of nitrogen functional groups attached to an aromatic ring is 1. The van der Waals surface area contributed by atoms with Crippen LogP contribution in [0.1, 0.15) is 6.92 Å². The molecular formula is C12H18BrN3O3. The van der Waals surface area contributed by atoms with E-state index in [4.69, 9.17) is 15.2 Å². The minimum atomic E-state index is -0.317. The molecule has 1 rings (SSSR count). The van der Waals surface area contributed by atoms with Crippen molar-refractivity contribution in [3.8, 4) is 0 Å². The van der Waals surface area contributed by atoms with Gasteiger partial charge in [0.05, 0.1) is 18.9 Å². The van der Waals surface area contributed by atoms with Crippen LogP contribution >= 0.6 is 15.9 Å². The monoisotopic (exact) mass is 331 g/mol. The SMILES string of the molecule is CCOC(=O)CN(CCOC)c1ncc(Br)cc1N. The van der Waals surface area contributed by atoms with Gasteiger partial charge in [-0.1, -0.05) is 0 Å². The van der Waals surface area contributed by atoms with Gasteiger partial charge in [0.1, 0.15) is 6.54 Å². The van der Waals surface area contributed by atoms with Gasteiger partial charge in [-0.15, -0.1) is 0 Å². The number of pyridine rings is 1. The molecular weight excluding hydrogens is 314 g/mol. The molecule has 0 saturated carbocycles. The summed E-state index contributed by atoms with van der Waals surface area (Å²) in [7, 11) is 1.60. The molecule has 6 nitrogen and oxygen atoms in total. The fourth-order valence-electron chi connectivity index (χ4n) is 1.54.